The van der Waals surface area contributed by atoms with Crippen LogP contribution in [0, 0.1) is 0 Å². The fourth-order valence-corrected chi connectivity index (χ4v) is 1.93. The summed E-state index contributed by atoms with van der Waals surface area (Å²) in [6, 6.07) is 11.7. The highest BCUT2D eigenvalue weighted by molar-refractivity contribution is 6.30. The summed E-state index contributed by atoms with van der Waals surface area (Å²) in [5.41, 5.74) is 2.75. The Balaban J connectivity index is 1.86. The zero-order valence-electron chi connectivity index (χ0n) is 13.0. The lowest BCUT2D eigenvalue weighted by Gasteiger charge is -2.07. The van der Waals surface area contributed by atoms with Crippen LogP contribution < -0.4 is 14.9 Å². The molecule has 0 aliphatic carbocycles. The first-order valence-corrected chi connectivity index (χ1v) is 7.63. The standard InChI is InChI=1S/C17H17ClN2O4/c1-2-23-15-5-3-4-12(17(15)22)10-19-20-16(21)11-24-14-8-6-13(18)7-9-14/h3-10,22H,2,11H2,1H3,(H,20,21)/b19-10-. The van der Waals surface area contributed by atoms with Gasteiger partial charge in [-0.3, -0.25) is 4.79 Å². The zero-order valence-corrected chi connectivity index (χ0v) is 13.8. The van der Waals surface area contributed by atoms with Gasteiger partial charge in [-0.2, -0.15) is 5.10 Å². The van der Waals surface area contributed by atoms with Crippen molar-refractivity contribution in [3.05, 3.63) is 53.1 Å². The number of hydrogen-bond acceptors (Lipinski definition) is 5. The van der Waals surface area contributed by atoms with Crippen molar-refractivity contribution in [3.8, 4) is 17.2 Å². The second-order valence-electron chi connectivity index (χ2n) is 4.66. The van der Waals surface area contributed by atoms with Crippen LogP contribution in [-0.4, -0.2) is 30.4 Å². The summed E-state index contributed by atoms with van der Waals surface area (Å²) in [5.74, 6) is 0.427. The third-order valence-corrected chi connectivity index (χ3v) is 3.16. The van der Waals surface area contributed by atoms with Gasteiger partial charge in [0, 0.05) is 10.6 Å². The maximum absolute atomic E-state index is 11.7. The molecular formula is C17H17ClN2O4. The van der Waals surface area contributed by atoms with Crippen molar-refractivity contribution < 1.29 is 19.4 Å². The SMILES string of the molecule is CCOc1cccc(/C=N\NC(=O)COc2ccc(Cl)cc2)c1O. The van der Waals surface area contributed by atoms with Crippen molar-refractivity contribution in [3.63, 3.8) is 0 Å². The average molecular weight is 349 g/mol. The average Bonchev–Trinajstić information content (AvgIpc) is 2.58. The Hall–Kier alpha value is -2.73. The number of carbonyl (C=O) groups is 1. The van der Waals surface area contributed by atoms with E-state index in [2.05, 4.69) is 10.5 Å². The number of aromatic hydroxyl groups is 1. The summed E-state index contributed by atoms with van der Waals surface area (Å²) < 4.78 is 10.6. The summed E-state index contributed by atoms with van der Waals surface area (Å²) in [5, 5.41) is 14.4. The molecule has 0 fully saturated rings. The van der Waals surface area contributed by atoms with Crippen LogP contribution in [0.4, 0.5) is 0 Å². The van der Waals surface area contributed by atoms with E-state index in [1.54, 1.807) is 42.5 Å². The molecular weight excluding hydrogens is 332 g/mol. The lowest BCUT2D eigenvalue weighted by atomic mass is 10.2. The van der Waals surface area contributed by atoms with Crippen LogP contribution in [0.1, 0.15) is 12.5 Å². The van der Waals surface area contributed by atoms with Gasteiger partial charge < -0.3 is 14.6 Å². The number of hydrazone groups is 1. The van der Waals surface area contributed by atoms with E-state index in [0.29, 0.717) is 28.7 Å². The van der Waals surface area contributed by atoms with Gasteiger partial charge in [0.05, 0.1) is 12.8 Å². The van der Waals surface area contributed by atoms with Crippen molar-refractivity contribution in [1.82, 2.24) is 5.43 Å². The maximum Gasteiger partial charge on any atom is 0.277 e. The van der Waals surface area contributed by atoms with E-state index >= 15 is 0 Å². The quantitative estimate of drug-likeness (QED) is 0.595. The topological polar surface area (TPSA) is 80.2 Å². The number of halogens is 1. The molecule has 24 heavy (non-hydrogen) atoms. The van der Waals surface area contributed by atoms with E-state index in [1.165, 1.54) is 6.21 Å². The summed E-state index contributed by atoms with van der Waals surface area (Å²) in [6.45, 7) is 2.07. The predicted molar refractivity (Wildman–Crippen MR) is 92.0 cm³/mol. The molecule has 0 unspecified atom stereocenters. The highest BCUT2D eigenvalue weighted by atomic mass is 35.5. The molecule has 2 rings (SSSR count). The van der Waals surface area contributed by atoms with Gasteiger partial charge in [0.1, 0.15) is 5.75 Å². The molecule has 0 aliphatic heterocycles. The molecule has 126 valence electrons. The molecule has 0 radical (unpaired) electrons. The molecule has 2 aromatic carbocycles. The number of ether oxygens (including phenoxy) is 2. The van der Waals surface area contributed by atoms with Crippen LogP contribution in [0.15, 0.2) is 47.6 Å². The Kier molecular flexibility index (Phi) is 6.45. The van der Waals surface area contributed by atoms with Gasteiger partial charge in [-0.1, -0.05) is 17.7 Å². The Morgan fingerprint density at radius 2 is 2.00 bits per heavy atom. The van der Waals surface area contributed by atoms with Crippen LogP contribution in [0.25, 0.3) is 0 Å². The van der Waals surface area contributed by atoms with Gasteiger partial charge >= 0.3 is 0 Å². The van der Waals surface area contributed by atoms with E-state index in [-0.39, 0.29) is 12.4 Å². The van der Waals surface area contributed by atoms with Crippen LogP contribution in [-0.2, 0) is 4.79 Å². The summed E-state index contributed by atoms with van der Waals surface area (Å²) in [4.78, 5) is 11.7. The molecule has 0 aliphatic rings. The number of para-hydroxylation sites is 1. The van der Waals surface area contributed by atoms with Crippen molar-refractivity contribution in [2.75, 3.05) is 13.2 Å². The number of hydrogen-bond donors (Lipinski definition) is 2. The van der Waals surface area contributed by atoms with E-state index in [0.717, 1.165) is 0 Å². The van der Waals surface area contributed by atoms with Gasteiger partial charge in [0.15, 0.2) is 18.1 Å². The molecule has 0 spiro atoms. The van der Waals surface area contributed by atoms with Crippen LogP contribution in [0.3, 0.4) is 0 Å². The fraction of sp³-hybridized carbons (Fsp3) is 0.176. The molecule has 0 heterocycles. The number of carbonyl (C=O) groups excluding carboxylic acids is 1. The maximum atomic E-state index is 11.7. The van der Waals surface area contributed by atoms with Crippen molar-refractivity contribution in [2.45, 2.75) is 6.92 Å². The first-order valence-electron chi connectivity index (χ1n) is 7.25. The molecule has 2 N–H and O–H groups in total. The van der Waals surface area contributed by atoms with Crippen molar-refractivity contribution in [1.29, 1.82) is 0 Å². The summed E-state index contributed by atoms with van der Waals surface area (Å²) in [7, 11) is 0. The second kappa shape index (κ2) is 8.79. The number of amides is 1. The monoisotopic (exact) mass is 348 g/mol. The highest BCUT2D eigenvalue weighted by Gasteiger charge is 2.06. The van der Waals surface area contributed by atoms with Crippen LogP contribution >= 0.6 is 11.6 Å². The van der Waals surface area contributed by atoms with Gasteiger partial charge in [0.2, 0.25) is 0 Å². The van der Waals surface area contributed by atoms with Gasteiger partial charge in [0.25, 0.3) is 5.91 Å². The van der Waals surface area contributed by atoms with E-state index in [1.807, 2.05) is 6.92 Å². The van der Waals surface area contributed by atoms with Gasteiger partial charge in [-0.05, 0) is 43.3 Å². The van der Waals surface area contributed by atoms with Crippen molar-refractivity contribution in [2.24, 2.45) is 5.10 Å². The molecule has 1 amide bonds. The summed E-state index contributed by atoms with van der Waals surface area (Å²) >= 11 is 5.76. The molecule has 0 saturated heterocycles. The number of nitrogens with zero attached hydrogens (tertiary/aromatic N) is 1. The fourth-order valence-electron chi connectivity index (χ4n) is 1.80. The lowest BCUT2D eigenvalue weighted by Crippen LogP contribution is -2.24. The predicted octanol–water partition coefficient (Wildman–Crippen LogP) is 2.97. The highest BCUT2D eigenvalue weighted by Crippen LogP contribution is 2.28. The first-order chi connectivity index (χ1) is 11.6. The molecule has 6 nitrogen and oxygen atoms in total. The zero-order chi connectivity index (χ0) is 17.4. The normalized spacial score (nSPS) is 10.6. The first kappa shape index (κ1) is 17.6. The third kappa shape index (κ3) is 5.17. The number of phenols is 1. The van der Waals surface area contributed by atoms with Crippen molar-refractivity contribution >= 4 is 23.7 Å². The van der Waals surface area contributed by atoms with Crippen LogP contribution in [0.2, 0.25) is 5.02 Å². The lowest BCUT2D eigenvalue weighted by molar-refractivity contribution is -0.123. The van der Waals surface area contributed by atoms with Gasteiger partial charge in [-0.15, -0.1) is 0 Å². The van der Waals surface area contributed by atoms with Gasteiger partial charge in [-0.25, -0.2) is 5.43 Å². The number of benzene rings is 2. The minimum absolute atomic E-state index is 0.0326. The number of nitrogens with one attached hydrogen (secondary N) is 1. The van der Waals surface area contributed by atoms with E-state index < -0.39 is 5.91 Å². The molecule has 2 aromatic rings. The Morgan fingerprint density at radius 3 is 2.71 bits per heavy atom. The molecule has 0 saturated carbocycles. The minimum atomic E-state index is -0.429. The molecule has 0 aromatic heterocycles. The minimum Gasteiger partial charge on any atom is -0.504 e. The number of rotatable bonds is 7. The molecule has 0 atom stereocenters. The van der Waals surface area contributed by atoms with E-state index in [4.69, 9.17) is 21.1 Å². The number of phenolic OH excluding ortho intramolecular Hbond substituents is 1. The molecule has 7 heteroatoms. The molecule has 0 bridgehead atoms. The summed E-state index contributed by atoms with van der Waals surface area (Å²) in [6.07, 6.45) is 1.33. The van der Waals surface area contributed by atoms with E-state index in [9.17, 15) is 9.90 Å². The third-order valence-electron chi connectivity index (χ3n) is 2.91. The smallest absolute Gasteiger partial charge is 0.277 e. The Labute approximate surface area is 144 Å². The van der Waals surface area contributed by atoms with Crippen LogP contribution in [0.5, 0.6) is 17.2 Å². The largest absolute Gasteiger partial charge is 0.504 e. The second-order valence-corrected chi connectivity index (χ2v) is 5.10. The Bertz CT molecular complexity index is 717. The Morgan fingerprint density at radius 1 is 1.25 bits per heavy atom.